The minimum Gasteiger partial charge on any atom is -0.326 e. The van der Waals surface area contributed by atoms with Crippen molar-refractivity contribution in [2.75, 3.05) is 11.9 Å². The largest absolute Gasteiger partial charge is 0.326 e. The highest BCUT2D eigenvalue weighted by Gasteiger charge is 2.28. The van der Waals surface area contributed by atoms with Gasteiger partial charge in [-0.15, -0.1) is 0 Å². The summed E-state index contributed by atoms with van der Waals surface area (Å²) in [4.78, 5) is 36.0. The van der Waals surface area contributed by atoms with Crippen molar-refractivity contribution in [3.05, 3.63) is 29.3 Å². The number of carbonyl (C=O) groups is 3. The molecule has 1 fully saturated rings. The average molecular weight is 286 g/mol. The summed E-state index contributed by atoms with van der Waals surface area (Å²) in [7, 11) is 0. The normalized spacial score (nSPS) is 17.2. The number of hydrogen-bond donors (Lipinski definition) is 1. The number of amides is 3. The molecule has 1 aliphatic carbocycles. The molecule has 5 heteroatoms. The van der Waals surface area contributed by atoms with Crippen LogP contribution in [0, 0.1) is 0 Å². The third kappa shape index (κ3) is 2.96. The number of imide groups is 1. The molecule has 1 N–H and O–H groups in total. The fourth-order valence-corrected chi connectivity index (χ4v) is 2.96. The Balaban J connectivity index is 1.54. The molecule has 110 valence electrons. The Morgan fingerprint density at radius 1 is 1.05 bits per heavy atom. The van der Waals surface area contributed by atoms with Gasteiger partial charge >= 0.3 is 0 Å². The van der Waals surface area contributed by atoms with E-state index in [0.717, 1.165) is 18.5 Å². The third-order valence-electron chi connectivity index (χ3n) is 4.10. The number of aryl methyl sites for hydroxylation is 2. The molecule has 2 aliphatic rings. The van der Waals surface area contributed by atoms with E-state index in [2.05, 4.69) is 11.4 Å². The van der Waals surface area contributed by atoms with Crippen molar-refractivity contribution < 1.29 is 14.4 Å². The molecular weight excluding hydrogens is 268 g/mol. The lowest BCUT2D eigenvalue weighted by Crippen LogP contribution is -2.32. The van der Waals surface area contributed by atoms with Crippen LogP contribution < -0.4 is 5.32 Å². The van der Waals surface area contributed by atoms with Gasteiger partial charge in [0.05, 0.1) is 0 Å². The van der Waals surface area contributed by atoms with Gasteiger partial charge in [0.25, 0.3) is 0 Å². The highest BCUT2D eigenvalue weighted by Crippen LogP contribution is 2.25. The summed E-state index contributed by atoms with van der Waals surface area (Å²) in [5.41, 5.74) is 3.46. The summed E-state index contributed by atoms with van der Waals surface area (Å²) in [5.74, 6) is -0.517. The molecule has 3 amide bonds. The van der Waals surface area contributed by atoms with Gasteiger partial charge in [0.15, 0.2) is 0 Å². The average Bonchev–Trinajstić information content (AvgIpc) is 3.04. The summed E-state index contributed by atoms with van der Waals surface area (Å²) in [6.07, 6.45) is 4.04. The lowest BCUT2D eigenvalue weighted by Gasteiger charge is -2.13. The third-order valence-corrected chi connectivity index (χ3v) is 4.10. The molecule has 0 spiro atoms. The van der Waals surface area contributed by atoms with Gasteiger partial charge in [0.2, 0.25) is 17.7 Å². The zero-order valence-electron chi connectivity index (χ0n) is 11.9. The van der Waals surface area contributed by atoms with Gasteiger partial charge in [-0.25, -0.2) is 0 Å². The molecule has 5 nitrogen and oxygen atoms in total. The van der Waals surface area contributed by atoms with Crippen molar-refractivity contribution in [3.63, 3.8) is 0 Å². The number of anilines is 1. The summed E-state index contributed by atoms with van der Waals surface area (Å²) in [5, 5.41) is 2.84. The smallest absolute Gasteiger partial charge is 0.229 e. The number of nitrogens with one attached hydrogen (secondary N) is 1. The van der Waals surface area contributed by atoms with Crippen LogP contribution in [0.4, 0.5) is 5.69 Å². The Kier molecular flexibility index (Phi) is 3.73. The van der Waals surface area contributed by atoms with Gasteiger partial charge in [-0.3, -0.25) is 19.3 Å². The monoisotopic (exact) mass is 286 g/mol. The van der Waals surface area contributed by atoms with Gasteiger partial charge in [-0.05, 0) is 42.5 Å². The highest BCUT2D eigenvalue weighted by molar-refractivity contribution is 6.02. The fraction of sp³-hybridized carbons (Fsp3) is 0.438. The van der Waals surface area contributed by atoms with Gasteiger partial charge < -0.3 is 5.32 Å². The predicted molar refractivity (Wildman–Crippen MR) is 77.7 cm³/mol. The fourth-order valence-electron chi connectivity index (χ4n) is 2.96. The Hall–Kier alpha value is -2.17. The first-order chi connectivity index (χ1) is 10.1. The molecule has 21 heavy (non-hydrogen) atoms. The Labute approximate surface area is 123 Å². The predicted octanol–water partition coefficient (Wildman–Crippen LogP) is 1.65. The zero-order valence-corrected chi connectivity index (χ0v) is 11.9. The number of nitrogens with zero attached hydrogens (tertiary/aromatic N) is 1. The number of hydrogen-bond acceptors (Lipinski definition) is 3. The SMILES string of the molecule is O=C(CCN1C(=O)CCC1=O)Nc1ccc2c(c1)CCC2. The second-order valence-electron chi connectivity index (χ2n) is 5.57. The zero-order chi connectivity index (χ0) is 14.8. The van der Waals surface area contributed by atoms with E-state index in [-0.39, 0.29) is 43.5 Å². The van der Waals surface area contributed by atoms with E-state index in [9.17, 15) is 14.4 Å². The molecule has 0 saturated carbocycles. The highest BCUT2D eigenvalue weighted by atomic mass is 16.2. The second-order valence-corrected chi connectivity index (χ2v) is 5.57. The van der Waals surface area contributed by atoms with Gasteiger partial charge in [-0.1, -0.05) is 6.07 Å². The minimum atomic E-state index is -0.176. The molecule has 1 saturated heterocycles. The summed E-state index contributed by atoms with van der Waals surface area (Å²) in [6, 6.07) is 5.99. The Morgan fingerprint density at radius 3 is 2.52 bits per heavy atom. The number of rotatable bonds is 4. The molecule has 0 bridgehead atoms. The Bertz CT molecular complexity index is 594. The first-order valence-corrected chi connectivity index (χ1v) is 7.38. The second kappa shape index (κ2) is 5.68. The van der Waals surface area contributed by atoms with Gasteiger partial charge in [-0.2, -0.15) is 0 Å². The van der Waals surface area contributed by atoms with E-state index in [0.29, 0.717) is 0 Å². The number of fused-ring (bicyclic) bond motifs is 1. The lowest BCUT2D eigenvalue weighted by atomic mass is 10.1. The molecule has 1 heterocycles. The van der Waals surface area contributed by atoms with E-state index >= 15 is 0 Å². The van der Waals surface area contributed by atoms with Crippen LogP contribution in [-0.4, -0.2) is 29.2 Å². The molecule has 1 aromatic rings. The van der Waals surface area contributed by atoms with Crippen LogP contribution in [0.15, 0.2) is 18.2 Å². The lowest BCUT2D eigenvalue weighted by molar-refractivity contribution is -0.138. The molecule has 1 aliphatic heterocycles. The molecule has 0 radical (unpaired) electrons. The van der Waals surface area contributed by atoms with Crippen LogP contribution in [0.5, 0.6) is 0 Å². The van der Waals surface area contributed by atoms with Gasteiger partial charge in [0.1, 0.15) is 0 Å². The van der Waals surface area contributed by atoms with Crippen LogP contribution in [-0.2, 0) is 27.2 Å². The van der Waals surface area contributed by atoms with Crippen LogP contribution >= 0.6 is 0 Å². The molecule has 0 atom stereocenters. The maximum Gasteiger partial charge on any atom is 0.229 e. The maximum absolute atomic E-state index is 11.9. The van der Waals surface area contributed by atoms with Crippen molar-refractivity contribution >= 4 is 23.4 Å². The quantitative estimate of drug-likeness (QED) is 0.856. The summed E-state index contributed by atoms with van der Waals surface area (Å²) < 4.78 is 0. The van der Waals surface area contributed by atoms with E-state index in [1.54, 1.807) is 0 Å². The minimum absolute atomic E-state index is 0.147. The number of benzene rings is 1. The summed E-state index contributed by atoms with van der Waals surface area (Å²) in [6.45, 7) is 0.175. The number of carbonyl (C=O) groups excluding carboxylic acids is 3. The van der Waals surface area contributed by atoms with E-state index in [1.807, 2.05) is 12.1 Å². The first kappa shape index (κ1) is 13.8. The molecule has 0 unspecified atom stereocenters. The number of likely N-dealkylation sites (tertiary alicyclic amines) is 1. The van der Waals surface area contributed by atoms with Crippen LogP contribution in [0.1, 0.15) is 36.8 Å². The Morgan fingerprint density at radius 2 is 1.76 bits per heavy atom. The molecular formula is C16H18N2O3. The van der Waals surface area contributed by atoms with E-state index in [1.165, 1.54) is 22.4 Å². The topological polar surface area (TPSA) is 66.5 Å². The van der Waals surface area contributed by atoms with Crippen molar-refractivity contribution in [1.29, 1.82) is 0 Å². The van der Waals surface area contributed by atoms with Crippen molar-refractivity contribution in [1.82, 2.24) is 4.90 Å². The summed E-state index contributed by atoms with van der Waals surface area (Å²) >= 11 is 0. The van der Waals surface area contributed by atoms with Crippen LogP contribution in [0.25, 0.3) is 0 Å². The van der Waals surface area contributed by atoms with E-state index in [4.69, 9.17) is 0 Å². The van der Waals surface area contributed by atoms with Crippen LogP contribution in [0.2, 0.25) is 0 Å². The van der Waals surface area contributed by atoms with Crippen molar-refractivity contribution in [3.8, 4) is 0 Å². The molecule has 0 aromatic heterocycles. The van der Waals surface area contributed by atoms with Gasteiger partial charge in [0, 0.05) is 31.5 Å². The first-order valence-electron chi connectivity index (χ1n) is 7.38. The van der Waals surface area contributed by atoms with Crippen LogP contribution in [0.3, 0.4) is 0 Å². The van der Waals surface area contributed by atoms with Crippen molar-refractivity contribution in [2.24, 2.45) is 0 Å². The maximum atomic E-state index is 11.9. The molecule has 3 rings (SSSR count). The molecule has 1 aromatic carbocycles. The van der Waals surface area contributed by atoms with E-state index < -0.39 is 0 Å². The van der Waals surface area contributed by atoms with Crippen molar-refractivity contribution in [2.45, 2.75) is 38.5 Å². The standard InChI is InChI=1S/C16H18N2O3/c19-14(8-9-18-15(20)6-7-16(18)21)17-13-5-4-11-2-1-3-12(11)10-13/h4-5,10H,1-3,6-9H2,(H,17,19).